The van der Waals surface area contributed by atoms with Crippen LogP contribution < -0.4 is 15.1 Å². The minimum absolute atomic E-state index is 0.160. The minimum Gasteiger partial charge on any atom is -0.449 e. The molecule has 1 N–H and O–H groups in total. The van der Waals surface area contributed by atoms with Crippen LogP contribution in [0.1, 0.15) is 38.6 Å². The summed E-state index contributed by atoms with van der Waals surface area (Å²) in [4.78, 5) is 39.8. The van der Waals surface area contributed by atoms with Gasteiger partial charge >= 0.3 is 6.16 Å². The number of anilines is 1. The molecule has 4 rings (SSSR count). The Kier molecular flexibility index (Phi) is 5.17. The lowest BCUT2D eigenvalue weighted by Crippen LogP contribution is -2.48. The van der Waals surface area contributed by atoms with E-state index in [1.807, 2.05) is 28.5 Å². The Balaban J connectivity index is 1.63. The zero-order valence-corrected chi connectivity index (χ0v) is 16.5. The number of rotatable bonds is 5. The Labute approximate surface area is 168 Å². The summed E-state index contributed by atoms with van der Waals surface area (Å²) in [5, 5.41) is 9.37. The van der Waals surface area contributed by atoms with Crippen molar-refractivity contribution in [1.29, 1.82) is 0 Å². The van der Waals surface area contributed by atoms with E-state index in [0.717, 1.165) is 43.6 Å². The summed E-state index contributed by atoms with van der Waals surface area (Å²) in [5.41, 5.74) is 1.37. The second-order valence-electron chi connectivity index (χ2n) is 7.65. The number of carboxylic acid groups (broad SMARTS) is 1. The van der Waals surface area contributed by atoms with Gasteiger partial charge in [0.15, 0.2) is 5.75 Å². The van der Waals surface area contributed by atoms with Gasteiger partial charge in [-0.2, -0.15) is 0 Å². The van der Waals surface area contributed by atoms with Crippen molar-refractivity contribution in [2.24, 2.45) is 0 Å². The number of amides is 1. The first-order valence-electron chi connectivity index (χ1n) is 10.1. The van der Waals surface area contributed by atoms with Crippen LogP contribution >= 0.6 is 0 Å². The van der Waals surface area contributed by atoms with Gasteiger partial charge in [-0.15, -0.1) is 0 Å². The second kappa shape index (κ2) is 7.77. The van der Waals surface area contributed by atoms with E-state index in [1.165, 1.54) is 6.20 Å². The van der Waals surface area contributed by atoms with E-state index in [9.17, 15) is 14.4 Å². The Morgan fingerprint density at radius 1 is 1.17 bits per heavy atom. The Morgan fingerprint density at radius 3 is 2.52 bits per heavy atom. The van der Waals surface area contributed by atoms with Crippen molar-refractivity contribution in [3.8, 4) is 5.75 Å². The first kappa shape index (κ1) is 19.3. The molecule has 1 aromatic heterocycles. The van der Waals surface area contributed by atoms with Gasteiger partial charge in [-0.1, -0.05) is 6.92 Å². The molecule has 1 saturated heterocycles. The molecule has 29 heavy (non-hydrogen) atoms. The molecule has 8 nitrogen and oxygen atoms in total. The fourth-order valence-electron chi connectivity index (χ4n) is 3.92. The predicted molar refractivity (Wildman–Crippen MR) is 109 cm³/mol. The van der Waals surface area contributed by atoms with E-state index in [1.54, 1.807) is 6.07 Å². The van der Waals surface area contributed by atoms with Crippen molar-refractivity contribution < 1.29 is 19.4 Å². The van der Waals surface area contributed by atoms with E-state index < -0.39 is 11.6 Å². The van der Waals surface area contributed by atoms with Gasteiger partial charge in [0.1, 0.15) is 0 Å². The molecule has 2 aromatic rings. The quantitative estimate of drug-likeness (QED) is 0.778. The number of piperazine rings is 1. The van der Waals surface area contributed by atoms with E-state index in [0.29, 0.717) is 24.9 Å². The molecule has 1 aliphatic heterocycles. The van der Waals surface area contributed by atoms with Crippen LogP contribution in [0.3, 0.4) is 0 Å². The van der Waals surface area contributed by atoms with Crippen LogP contribution in [-0.4, -0.2) is 52.8 Å². The van der Waals surface area contributed by atoms with Crippen molar-refractivity contribution in [2.45, 2.75) is 38.6 Å². The normalized spacial score (nSPS) is 16.9. The molecule has 0 atom stereocenters. The Bertz CT molecular complexity index is 1000. The molecule has 154 valence electrons. The highest BCUT2D eigenvalue weighted by Gasteiger charge is 2.27. The van der Waals surface area contributed by atoms with E-state index in [4.69, 9.17) is 9.84 Å². The summed E-state index contributed by atoms with van der Waals surface area (Å²) < 4.78 is 6.67. The molecular weight excluding hydrogens is 374 g/mol. The third-order valence-electron chi connectivity index (χ3n) is 5.58. The van der Waals surface area contributed by atoms with E-state index in [-0.39, 0.29) is 17.7 Å². The van der Waals surface area contributed by atoms with Gasteiger partial charge in [0.2, 0.25) is 11.3 Å². The van der Waals surface area contributed by atoms with Crippen LogP contribution in [0.5, 0.6) is 5.75 Å². The molecular formula is C21H25N3O5. The zero-order valence-electron chi connectivity index (χ0n) is 16.5. The Morgan fingerprint density at radius 2 is 1.90 bits per heavy atom. The maximum absolute atomic E-state index is 12.7. The largest absolute Gasteiger partial charge is 0.511 e. The summed E-state index contributed by atoms with van der Waals surface area (Å²) >= 11 is 0. The van der Waals surface area contributed by atoms with Gasteiger partial charge < -0.3 is 24.2 Å². The van der Waals surface area contributed by atoms with Crippen LogP contribution in [-0.2, 0) is 4.79 Å². The van der Waals surface area contributed by atoms with Gasteiger partial charge in [0.25, 0.3) is 0 Å². The van der Waals surface area contributed by atoms with Crippen molar-refractivity contribution in [1.82, 2.24) is 9.47 Å². The highest BCUT2D eigenvalue weighted by atomic mass is 16.7. The molecule has 0 unspecified atom stereocenters. The first-order chi connectivity index (χ1) is 14.0. The number of hydrogen-bond donors (Lipinski definition) is 1. The maximum Gasteiger partial charge on any atom is 0.511 e. The smallest absolute Gasteiger partial charge is 0.449 e. The van der Waals surface area contributed by atoms with Gasteiger partial charge in [0.05, 0.1) is 11.7 Å². The van der Waals surface area contributed by atoms with Crippen molar-refractivity contribution >= 4 is 28.7 Å². The molecule has 2 aliphatic rings. The summed E-state index contributed by atoms with van der Waals surface area (Å²) in [6, 6.07) is 5.88. The SMILES string of the molecule is CCCC(=O)N1CCN(c2ccc3c(=O)c(OC(=O)O)cn(C4CC4)c3c2)CC1. The lowest BCUT2D eigenvalue weighted by molar-refractivity contribution is -0.131. The molecule has 1 saturated carbocycles. The average molecular weight is 399 g/mol. The van der Waals surface area contributed by atoms with Crippen LogP contribution in [0.2, 0.25) is 0 Å². The van der Waals surface area contributed by atoms with Gasteiger partial charge in [-0.25, -0.2) is 4.79 Å². The monoisotopic (exact) mass is 399 g/mol. The third-order valence-corrected chi connectivity index (χ3v) is 5.58. The lowest BCUT2D eigenvalue weighted by Gasteiger charge is -2.36. The molecule has 8 heteroatoms. The van der Waals surface area contributed by atoms with Crippen LogP contribution in [0.4, 0.5) is 10.5 Å². The lowest BCUT2D eigenvalue weighted by atomic mass is 10.1. The number of fused-ring (bicyclic) bond motifs is 1. The van der Waals surface area contributed by atoms with Crippen molar-refractivity contribution in [3.05, 3.63) is 34.6 Å². The van der Waals surface area contributed by atoms with E-state index >= 15 is 0 Å². The van der Waals surface area contributed by atoms with Crippen LogP contribution in [0.15, 0.2) is 29.2 Å². The average Bonchev–Trinajstić information content (AvgIpc) is 3.55. The number of aromatic nitrogens is 1. The highest BCUT2D eigenvalue weighted by molar-refractivity contribution is 5.85. The minimum atomic E-state index is -1.49. The van der Waals surface area contributed by atoms with E-state index in [2.05, 4.69) is 4.90 Å². The van der Waals surface area contributed by atoms with Gasteiger partial charge in [-0.3, -0.25) is 9.59 Å². The predicted octanol–water partition coefficient (Wildman–Crippen LogP) is 2.84. The number of hydrogen-bond acceptors (Lipinski definition) is 5. The summed E-state index contributed by atoms with van der Waals surface area (Å²) in [7, 11) is 0. The molecule has 2 heterocycles. The molecule has 1 amide bonds. The first-order valence-corrected chi connectivity index (χ1v) is 10.1. The zero-order chi connectivity index (χ0) is 20.5. The number of pyridine rings is 1. The highest BCUT2D eigenvalue weighted by Crippen LogP contribution is 2.38. The maximum atomic E-state index is 12.7. The number of carbonyl (C=O) groups excluding carboxylic acids is 1. The number of benzene rings is 1. The van der Waals surface area contributed by atoms with Crippen molar-refractivity contribution in [3.63, 3.8) is 0 Å². The Hall–Kier alpha value is -3.03. The molecule has 1 aromatic carbocycles. The van der Waals surface area contributed by atoms with Crippen molar-refractivity contribution in [2.75, 3.05) is 31.1 Å². The molecule has 0 bridgehead atoms. The molecule has 0 radical (unpaired) electrons. The topological polar surface area (TPSA) is 92.1 Å². The number of nitrogens with zero attached hydrogens (tertiary/aromatic N) is 3. The van der Waals surface area contributed by atoms with Crippen LogP contribution in [0, 0.1) is 0 Å². The van der Waals surface area contributed by atoms with Crippen LogP contribution in [0.25, 0.3) is 10.9 Å². The molecule has 2 fully saturated rings. The fraction of sp³-hybridized carbons (Fsp3) is 0.476. The third kappa shape index (κ3) is 3.92. The second-order valence-corrected chi connectivity index (χ2v) is 7.65. The standard InChI is InChI=1S/C21H25N3O5/c1-2-3-19(25)23-10-8-22(9-11-23)15-6-7-16-17(12-15)24(14-4-5-14)13-18(20(16)26)29-21(27)28/h6-7,12-14H,2-5,8-11H2,1H3,(H,27,28). The number of ether oxygens (including phenoxy) is 1. The van der Waals surface area contributed by atoms with Gasteiger partial charge in [0, 0.05) is 49.7 Å². The summed E-state index contributed by atoms with van der Waals surface area (Å²) in [6.45, 7) is 4.88. The summed E-state index contributed by atoms with van der Waals surface area (Å²) in [5.74, 6) is 0.0481. The molecule has 0 spiro atoms. The summed E-state index contributed by atoms with van der Waals surface area (Å²) in [6.07, 6.45) is 3.46. The fourth-order valence-corrected chi connectivity index (χ4v) is 3.92. The number of carbonyl (C=O) groups is 2. The van der Waals surface area contributed by atoms with Gasteiger partial charge in [-0.05, 0) is 37.5 Å². The molecule has 1 aliphatic carbocycles.